The second kappa shape index (κ2) is 7.84. The lowest BCUT2D eigenvalue weighted by Gasteiger charge is -2.09. The van der Waals surface area contributed by atoms with Gasteiger partial charge in [-0.25, -0.2) is 4.68 Å². The van der Waals surface area contributed by atoms with Gasteiger partial charge >= 0.3 is 0 Å². The van der Waals surface area contributed by atoms with Gasteiger partial charge in [0, 0.05) is 12.1 Å². The smallest absolute Gasteiger partial charge is 0.258 e. The molecule has 0 saturated heterocycles. The van der Waals surface area contributed by atoms with E-state index in [2.05, 4.69) is 46.1 Å². The summed E-state index contributed by atoms with van der Waals surface area (Å²) >= 11 is 4.63. The molecule has 0 aliphatic rings. The van der Waals surface area contributed by atoms with E-state index in [9.17, 15) is 10.1 Å². The maximum atomic E-state index is 10.8. The second-order valence-corrected chi connectivity index (χ2v) is 6.77. The molecule has 0 N–H and O–H groups in total. The van der Waals surface area contributed by atoms with E-state index < -0.39 is 4.92 Å². The molecule has 4 rings (SSSR count). The minimum absolute atomic E-state index is 0.0421. The van der Waals surface area contributed by atoms with Gasteiger partial charge in [-0.05, 0) is 28.8 Å². The van der Waals surface area contributed by atoms with Crippen LogP contribution < -0.4 is 0 Å². The summed E-state index contributed by atoms with van der Waals surface area (Å²) in [6.07, 6.45) is 2.55. The largest absolute Gasteiger partial charge is 0.269 e. The standard InChI is InChI=1S/C19H17N7O2S/c1-2-14-5-3-4-6-17(14)25-19(29)16(11-20-25)18-21-23-24(22-18)12-13-7-9-15(10-8-13)26(27)28/h3-11,29H,2,12H2,1H3. The highest BCUT2D eigenvalue weighted by Gasteiger charge is 2.17. The van der Waals surface area contributed by atoms with Gasteiger partial charge in [0.15, 0.2) is 0 Å². The number of hydrogen-bond donors (Lipinski definition) is 1. The molecular formula is C19H17N7O2S. The van der Waals surface area contributed by atoms with Gasteiger partial charge in [-0.3, -0.25) is 10.1 Å². The summed E-state index contributed by atoms with van der Waals surface area (Å²) in [7, 11) is 0. The van der Waals surface area contributed by atoms with Crippen LogP contribution in [0, 0.1) is 10.1 Å². The molecule has 0 atom stereocenters. The van der Waals surface area contributed by atoms with E-state index in [1.54, 1.807) is 23.0 Å². The number of benzene rings is 2. The van der Waals surface area contributed by atoms with Crippen LogP contribution in [0.5, 0.6) is 0 Å². The molecule has 0 spiro atoms. The Labute approximate surface area is 171 Å². The zero-order valence-electron chi connectivity index (χ0n) is 15.5. The summed E-state index contributed by atoms with van der Waals surface area (Å²) in [5, 5.41) is 28.4. The van der Waals surface area contributed by atoms with E-state index in [1.165, 1.54) is 16.9 Å². The third kappa shape index (κ3) is 3.74. The van der Waals surface area contributed by atoms with Gasteiger partial charge in [-0.1, -0.05) is 37.3 Å². The molecule has 10 heteroatoms. The predicted octanol–water partition coefficient (Wildman–Crippen LogP) is 3.33. The van der Waals surface area contributed by atoms with E-state index in [1.807, 2.05) is 18.2 Å². The summed E-state index contributed by atoms with van der Waals surface area (Å²) in [5.74, 6) is 0.414. The average Bonchev–Trinajstić information content (AvgIpc) is 3.34. The molecule has 0 aliphatic heterocycles. The van der Waals surface area contributed by atoms with Gasteiger partial charge in [-0.2, -0.15) is 9.90 Å². The molecule has 0 unspecified atom stereocenters. The van der Waals surface area contributed by atoms with Crippen LogP contribution in [0.15, 0.2) is 59.8 Å². The molecule has 2 aromatic carbocycles. The fourth-order valence-corrected chi connectivity index (χ4v) is 3.31. The van der Waals surface area contributed by atoms with Crippen molar-refractivity contribution in [3.05, 3.63) is 76.0 Å². The van der Waals surface area contributed by atoms with Crippen molar-refractivity contribution in [3.63, 3.8) is 0 Å². The van der Waals surface area contributed by atoms with Crippen molar-refractivity contribution in [2.24, 2.45) is 0 Å². The first kappa shape index (κ1) is 18.8. The molecule has 4 aromatic rings. The first-order valence-corrected chi connectivity index (χ1v) is 9.38. The Morgan fingerprint density at radius 1 is 1.14 bits per heavy atom. The zero-order valence-corrected chi connectivity index (χ0v) is 16.4. The zero-order chi connectivity index (χ0) is 20.4. The Morgan fingerprint density at radius 2 is 1.90 bits per heavy atom. The lowest BCUT2D eigenvalue weighted by Crippen LogP contribution is -2.04. The molecular weight excluding hydrogens is 390 g/mol. The molecule has 0 aliphatic carbocycles. The van der Waals surface area contributed by atoms with E-state index >= 15 is 0 Å². The maximum absolute atomic E-state index is 10.8. The van der Waals surface area contributed by atoms with E-state index in [0.717, 1.165) is 23.2 Å². The number of nitro benzene ring substituents is 1. The van der Waals surface area contributed by atoms with Crippen LogP contribution in [0.1, 0.15) is 18.1 Å². The minimum atomic E-state index is -0.432. The Morgan fingerprint density at radius 3 is 2.62 bits per heavy atom. The van der Waals surface area contributed by atoms with Gasteiger partial charge in [0.2, 0.25) is 5.82 Å². The third-order valence-electron chi connectivity index (χ3n) is 4.51. The van der Waals surface area contributed by atoms with Crippen molar-refractivity contribution in [3.8, 4) is 17.1 Å². The first-order valence-electron chi connectivity index (χ1n) is 8.93. The van der Waals surface area contributed by atoms with Crippen molar-refractivity contribution in [2.75, 3.05) is 0 Å². The number of aryl methyl sites for hydroxylation is 1. The Kier molecular flexibility index (Phi) is 5.09. The molecule has 29 heavy (non-hydrogen) atoms. The Hall–Kier alpha value is -3.53. The molecule has 0 bridgehead atoms. The molecule has 2 heterocycles. The van der Waals surface area contributed by atoms with Crippen LogP contribution in [0.3, 0.4) is 0 Å². The molecule has 0 amide bonds. The van der Waals surface area contributed by atoms with Crippen LogP contribution in [0.2, 0.25) is 0 Å². The molecule has 0 radical (unpaired) electrons. The Balaban J connectivity index is 1.58. The van der Waals surface area contributed by atoms with Crippen LogP contribution >= 0.6 is 12.6 Å². The number of para-hydroxylation sites is 1. The SMILES string of the molecule is CCc1ccccc1-n1ncc(-c2nnn(Cc3ccc([N+](=O)[O-])cc3)n2)c1S. The lowest BCUT2D eigenvalue weighted by atomic mass is 10.1. The van der Waals surface area contributed by atoms with Crippen LogP contribution in [0.4, 0.5) is 5.69 Å². The summed E-state index contributed by atoms with van der Waals surface area (Å²) in [6, 6.07) is 14.3. The average molecular weight is 407 g/mol. The van der Waals surface area contributed by atoms with E-state index in [4.69, 9.17) is 0 Å². The highest BCUT2D eigenvalue weighted by atomic mass is 32.1. The predicted molar refractivity (Wildman–Crippen MR) is 109 cm³/mol. The minimum Gasteiger partial charge on any atom is -0.258 e. The van der Waals surface area contributed by atoms with Crippen molar-refractivity contribution in [2.45, 2.75) is 24.9 Å². The number of nitrogens with zero attached hydrogens (tertiary/aromatic N) is 7. The summed E-state index contributed by atoms with van der Waals surface area (Å²) in [6.45, 7) is 2.44. The monoisotopic (exact) mass is 407 g/mol. The van der Waals surface area contributed by atoms with Crippen molar-refractivity contribution in [1.82, 2.24) is 30.0 Å². The highest BCUT2D eigenvalue weighted by molar-refractivity contribution is 7.80. The molecule has 9 nitrogen and oxygen atoms in total. The van der Waals surface area contributed by atoms with Crippen LogP contribution in [0.25, 0.3) is 17.1 Å². The maximum Gasteiger partial charge on any atom is 0.269 e. The molecule has 146 valence electrons. The molecule has 0 saturated carbocycles. The quantitative estimate of drug-likeness (QED) is 0.299. The highest BCUT2D eigenvalue weighted by Crippen LogP contribution is 2.27. The second-order valence-electron chi connectivity index (χ2n) is 6.34. The number of rotatable bonds is 6. The first-order chi connectivity index (χ1) is 14.1. The van der Waals surface area contributed by atoms with Gasteiger partial charge in [0.1, 0.15) is 5.03 Å². The lowest BCUT2D eigenvalue weighted by molar-refractivity contribution is -0.384. The molecule has 2 aromatic heterocycles. The summed E-state index contributed by atoms with van der Waals surface area (Å²) in [4.78, 5) is 11.8. The summed E-state index contributed by atoms with van der Waals surface area (Å²) in [5.41, 5.74) is 3.67. The van der Waals surface area contributed by atoms with Crippen molar-refractivity contribution < 1.29 is 4.92 Å². The van der Waals surface area contributed by atoms with Gasteiger partial charge in [-0.15, -0.1) is 22.8 Å². The summed E-state index contributed by atoms with van der Waals surface area (Å²) < 4.78 is 1.76. The van der Waals surface area contributed by atoms with Crippen LogP contribution in [-0.4, -0.2) is 34.9 Å². The molecule has 0 fully saturated rings. The van der Waals surface area contributed by atoms with Crippen LogP contribution in [-0.2, 0) is 13.0 Å². The van der Waals surface area contributed by atoms with Gasteiger partial charge < -0.3 is 0 Å². The number of thiol groups is 1. The number of nitro groups is 1. The number of hydrogen-bond acceptors (Lipinski definition) is 7. The van der Waals surface area contributed by atoms with E-state index in [-0.39, 0.29) is 5.69 Å². The number of tetrazole rings is 1. The fraction of sp³-hybridized carbons (Fsp3) is 0.158. The Bertz CT molecular complexity index is 1170. The van der Waals surface area contributed by atoms with Crippen molar-refractivity contribution in [1.29, 1.82) is 0 Å². The number of non-ortho nitro benzene ring substituents is 1. The third-order valence-corrected chi connectivity index (χ3v) is 4.94. The van der Waals surface area contributed by atoms with Crippen molar-refractivity contribution >= 4 is 18.3 Å². The normalized spacial score (nSPS) is 11.0. The number of aromatic nitrogens is 6. The van der Waals surface area contributed by atoms with Gasteiger partial charge in [0.25, 0.3) is 5.69 Å². The van der Waals surface area contributed by atoms with Gasteiger partial charge in [0.05, 0.1) is 28.9 Å². The van der Waals surface area contributed by atoms with E-state index in [0.29, 0.717) is 23.0 Å². The fourth-order valence-electron chi connectivity index (χ4n) is 3.00. The topological polar surface area (TPSA) is 105 Å².